The zero-order chi connectivity index (χ0) is 19.8. The molecule has 0 saturated carbocycles. The molecule has 144 valence electrons. The van der Waals surface area contributed by atoms with Crippen molar-refractivity contribution in [3.8, 4) is 0 Å². The summed E-state index contributed by atoms with van der Waals surface area (Å²) in [7, 11) is 1.53. The minimum Gasteiger partial charge on any atom is -0.462 e. The molecule has 0 radical (unpaired) electrons. The number of halogens is 1. The Morgan fingerprint density at radius 1 is 1.26 bits per heavy atom. The Bertz CT molecular complexity index is 867. The van der Waals surface area contributed by atoms with Crippen molar-refractivity contribution in [2.75, 3.05) is 37.6 Å². The number of methoxy groups -OCH3 is 1. The van der Waals surface area contributed by atoms with Crippen LogP contribution in [0.4, 0.5) is 5.95 Å². The summed E-state index contributed by atoms with van der Waals surface area (Å²) < 4.78 is 11.5. The molecule has 10 heteroatoms. The van der Waals surface area contributed by atoms with E-state index in [1.54, 1.807) is 31.2 Å². The van der Waals surface area contributed by atoms with Gasteiger partial charge in [-0.25, -0.2) is 9.78 Å². The van der Waals surface area contributed by atoms with Crippen LogP contribution in [0.5, 0.6) is 0 Å². The maximum atomic E-state index is 12.7. The van der Waals surface area contributed by atoms with Crippen molar-refractivity contribution < 1.29 is 19.1 Å². The van der Waals surface area contributed by atoms with Crippen molar-refractivity contribution in [3.63, 3.8) is 0 Å². The lowest BCUT2D eigenvalue weighted by molar-refractivity contribution is 0.0522. The number of hydrogen-bond donors (Lipinski definition) is 2. The van der Waals surface area contributed by atoms with Gasteiger partial charge in [-0.3, -0.25) is 15.0 Å². The summed E-state index contributed by atoms with van der Waals surface area (Å²) >= 11 is 3.29. The molecular weight excluding hydrogens is 420 g/mol. The number of amides is 1. The number of ether oxygens (including phenoxy) is 2. The van der Waals surface area contributed by atoms with Crippen LogP contribution in [-0.2, 0) is 9.47 Å². The molecule has 0 spiro atoms. The molecule has 1 aromatic carbocycles. The first-order valence-electron chi connectivity index (χ1n) is 8.06. The van der Waals surface area contributed by atoms with Gasteiger partial charge in [-0.05, 0) is 31.2 Å². The molecule has 1 amide bonds. The van der Waals surface area contributed by atoms with Gasteiger partial charge in [-0.1, -0.05) is 15.9 Å². The maximum Gasteiger partial charge on any atom is 0.345 e. The van der Waals surface area contributed by atoms with Gasteiger partial charge in [0.15, 0.2) is 0 Å². The maximum absolute atomic E-state index is 12.7. The van der Waals surface area contributed by atoms with Gasteiger partial charge >= 0.3 is 5.97 Å². The van der Waals surface area contributed by atoms with Crippen molar-refractivity contribution in [2.45, 2.75) is 6.92 Å². The van der Waals surface area contributed by atoms with Gasteiger partial charge in [0.2, 0.25) is 5.95 Å². The highest BCUT2D eigenvalue weighted by atomic mass is 79.9. The monoisotopic (exact) mass is 438 g/mol. The van der Waals surface area contributed by atoms with Gasteiger partial charge < -0.3 is 14.8 Å². The Morgan fingerprint density at radius 2 is 1.96 bits per heavy atom. The predicted molar refractivity (Wildman–Crippen MR) is 103 cm³/mol. The lowest BCUT2D eigenvalue weighted by Gasteiger charge is -2.15. The van der Waals surface area contributed by atoms with Crippen LogP contribution < -0.4 is 16.3 Å². The predicted octanol–water partition coefficient (Wildman–Crippen LogP) is 1.62. The summed E-state index contributed by atoms with van der Waals surface area (Å²) in [5.41, 5.74) is 1.74. The molecule has 9 nitrogen and oxygen atoms in total. The molecule has 0 unspecified atom stereocenters. The zero-order valence-electron chi connectivity index (χ0n) is 14.8. The van der Waals surface area contributed by atoms with Crippen molar-refractivity contribution in [2.24, 2.45) is 0 Å². The van der Waals surface area contributed by atoms with Gasteiger partial charge in [0.05, 0.1) is 19.4 Å². The molecule has 0 aliphatic rings. The number of anilines is 1. The Labute approximate surface area is 163 Å². The summed E-state index contributed by atoms with van der Waals surface area (Å²) in [5, 5.41) is 2.87. The minimum atomic E-state index is -0.815. The van der Waals surface area contributed by atoms with Crippen LogP contribution in [0.3, 0.4) is 0 Å². The van der Waals surface area contributed by atoms with E-state index in [9.17, 15) is 14.4 Å². The number of hydrogen-bond acceptors (Lipinski definition) is 7. The van der Waals surface area contributed by atoms with E-state index in [0.717, 1.165) is 15.3 Å². The third-order valence-electron chi connectivity index (χ3n) is 3.37. The molecule has 27 heavy (non-hydrogen) atoms. The van der Waals surface area contributed by atoms with Gasteiger partial charge in [0.25, 0.3) is 11.5 Å². The van der Waals surface area contributed by atoms with Crippen LogP contribution in [0.2, 0.25) is 0 Å². The van der Waals surface area contributed by atoms with Crippen LogP contribution in [0.15, 0.2) is 39.7 Å². The van der Waals surface area contributed by atoms with E-state index in [4.69, 9.17) is 9.47 Å². The molecular formula is C17H19BrN4O5. The Kier molecular flexibility index (Phi) is 7.50. The summed E-state index contributed by atoms with van der Waals surface area (Å²) in [6.07, 6.45) is 1.11. The number of nitrogens with one attached hydrogen (secondary N) is 2. The number of nitrogens with zero attached hydrogens (tertiary/aromatic N) is 2. The van der Waals surface area contributed by atoms with E-state index >= 15 is 0 Å². The van der Waals surface area contributed by atoms with Gasteiger partial charge in [-0.2, -0.15) is 4.68 Å². The van der Waals surface area contributed by atoms with Crippen molar-refractivity contribution >= 4 is 33.8 Å². The van der Waals surface area contributed by atoms with Crippen molar-refractivity contribution in [1.29, 1.82) is 0 Å². The fourth-order valence-corrected chi connectivity index (χ4v) is 2.33. The number of carbonyl (C=O) groups excluding carboxylic acids is 2. The number of carbonyl (C=O) groups is 2. The number of aromatic nitrogens is 2. The zero-order valence-corrected chi connectivity index (χ0v) is 16.4. The average molecular weight is 439 g/mol. The molecule has 2 N–H and O–H groups in total. The molecule has 0 saturated heterocycles. The molecule has 2 aromatic rings. The smallest absolute Gasteiger partial charge is 0.345 e. The van der Waals surface area contributed by atoms with Crippen LogP contribution in [0.1, 0.15) is 27.6 Å². The normalized spacial score (nSPS) is 10.3. The van der Waals surface area contributed by atoms with E-state index in [0.29, 0.717) is 18.7 Å². The van der Waals surface area contributed by atoms with E-state index in [1.807, 2.05) is 0 Å². The first-order valence-corrected chi connectivity index (χ1v) is 8.86. The Morgan fingerprint density at radius 3 is 2.59 bits per heavy atom. The molecule has 1 aromatic heterocycles. The van der Waals surface area contributed by atoms with Crippen LogP contribution in [-0.4, -0.2) is 48.4 Å². The second-order valence-electron chi connectivity index (χ2n) is 5.22. The lowest BCUT2D eigenvalue weighted by atomic mass is 10.2. The molecule has 0 bridgehead atoms. The summed E-state index contributed by atoms with van der Waals surface area (Å²) in [6, 6.07) is 6.57. The number of esters is 1. The minimum absolute atomic E-state index is 0.0653. The Balaban J connectivity index is 2.37. The van der Waals surface area contributed by atoms with E-state index in [2.05, 4.69) is 31.7 Å². The Hall–Kier alpha value is -2.72. The first-order chi connectivity index (χ1) is 13.0. The second-order valence-corrected chi connectivity index (χ2v) is 6.14. The summed E-state index contributed by atoms with van der Waals surface area (Å²) in [6.45, 7) is 2.43. The summed E-state index contributed by atoms with van der Waals surface area (Å²) in [5.74, 6) is -1.29. The highest BCUT2D eigenvalue weighted by molar-refractivity contribution is 9.10. The SMILES string of the molecule is CCOC(=O)c1cnc(NCCOC)n(NC(=O)c2ccc(Br)cc2)c1=O. The van der Waals surface area contributed by atoms with Gasteiger partial charge in [0.1, 0.15) is 5.56 Å². The quantitative estimate of drug-likeness (QED) is 0.475. The van der Waals surface area contributed by atoms with E-state index in [1.165, 1.54) is 7.11 Å². The second kappa shape index (κ2) is 9.83. The molecule has 0 atom stereocenters. The fourth-order valence-electron chi connectivity index (χ4n) is 2.06. The van der Waals surface area contributed by atoms with Crippen LogP contribution in [0.25, 0.3) is 0 Å². The molecule has 0 aliphatic heterocycles. The van der Waals surface area contributed by atoms with Crippen LogP contribution in [0, 0.1) is 0 Å². The molecule has 0 fully saturated rings. The largest absolute Gasteiger partial charge is 0.462 e. The van der Waals surface area contributed by atoms with Gasteiger partial charge in [-0.15, -0.1) is 0 Å². The fraction of sp³-hybridized carbons (Fsp3) is 0.294. The van der Waals surface area contributed by atoms with Gasteiger partial charge in [0, 0.05) is 23.7 Å². The third-order valence-corrected chi connectivity index (χ3v) is 3.89. The van der Waals surface area contributed by atoms with E-state index < -0.39 is 17.4 Å². The molecule has 2 rings (SSSR count). The highest BCUT2D eigenvalue weighted by Gasteiger charge is 2.19. The third kappa shape index (κ3) is 5.38. The van der Waals surface area contributed by atoms with Crippen molar-refractivity contribution in [1.82, 2.24) is 9.66 Å². The van der Waals surface area contributed by atoms with E-state index in [-0.39, 0.29) is 18.1 Å². The standard InChI is InChI=1S/C17H19BrN4O5/c1-3-27-16(25)13-10-20-17(19-8-9-26-2)22(15(13)24)21-14(23)11-4-6-12(18)7-5-11/h4-7,10H,3,8-9H2,1-2H3,(H,19,20)(H,21,23). The van der Waals surface area contributed by atoms with Crippen LogP contribution >= 0.6 is 15.9 Å². The topological polar surface area (TPSA) is 112 Å². The number of benzene rings is 1. The first kappa shape index (κ1) is 20.6. The molecule has 1 heterocycles. The number of rotatable bonds is 8. The lowest BCUT2D eigenvalue weighted by Crippen LogP contribution is -2.38. The molecule has 0 aliphatic carbocycles. The summed E-state index contributed by atoms with van der Waals surface area (Å²) in [4.78, 5) is 41.2. The van der Waals surface area contributed by atoms with Crippen molar-refractivity contribution in [3.05, 3.63) is 56.4 Å². The highest BCUT2D eigenvalue weighted by Crippen LogP contribution is 2.11. The average Bonchev–Trinajstić information content (AvgIpc) is 2.65.